The van der Waals surface area contributed by atoms with E-state index in [1.165, 1.54) is 0 Å². The summed E-state index contributed by atoms with van der Waals surface area (Å²) in [4.78, 5) is 4.35. The number of alkyl halides is 3. The number of ether oxygens (including phenoxy) is 1. The highest BCUT2D eigenvalue weighted by Gasteiger charge is 2.29. The van der Waals surface area contributed by atoms with Crippen LogP contribution in [0.15, 0.2) is 24.5 Å². The molecule has 0 unspecified atom stereocenters. The van der Waals surface area contributed by atoms with Gasteiger partial charge in [0.25, 0.3) is 0 Å². The third-order valence-corrected chi connectivity index (χ3v) is 4.38. The number of benzene rings is 1. The molecule has 1 aliphatic rings. The summed E-state index contributed by atoms with van der Waals surface area (Å²) in [6.45, 7) is 1.91. The van der Waals surface area contributed by atoms with Gasteiger partial charge in [-0.2, -0.15) is 18.3 Å². The lowest BCUT2D eigenvalue weighted by molar-refractivity contribution is -0.153. The lowest BCUT2D eigenvalue weighted by Gasteiger charge is -2.35. The number of nitrogens with two attached hydrogens (primary N) is 1. The molecule has 2 aromatic rings. The molecule has 0 atom stereocenters. The van der Waals surface area contributed by atoms with Crippen molar-refractivity contribution in [2.75, 3.05) is 50.5 Å². The number of aryl methyl sites for hydroxylation is 1. The summed E-state index contributed by atoms with van der Waals surface area (Å²) < 4.78 is 44.2. The standard InChI is InChI=1S/C17H22F3N5O/c1-23-3-5-25(6-4-23)15-8-16(26-11-17(18,19)20)14(21)7-13(15)12-9-22-24(2)10-12/h7-10H,3-6,11,21H2,1-2H3. The van der Waals surface area contributed by atoms with Crippen LogP contribution >= 0.6 is 0 Å². The Morgan fingerprint density at radius 1 is 1.15 bits per heavy atom. The minimum absolute atomic E-state index is 0.0453. The molecule has 0 bridgehead atoms. The first-order valence-electron chi connectivity index (χ1n) is 8.28. The van der Waals surface area contributed by atoms with Crippen LogP contribution in [0.1, 0.15) is 0 Å². The summed E-state index contributed by atoms with van der Waals surface area (Å²) in [6.07, 6.45) is -0.850. The summed E-state index contributed by atoms with van der Waals surface area (Å²) >= 11 is 0. The first-order chi connectivity index (χ1) is 12.2. The molecular formula is C17H22F3N5O. The van der Waals surface area contributed by atoms with Crippen molar-refractivity contribution in [2.45, 2.75) is 6.18 Å². The average molecular weight is 369 g/mol. The van der Waals surface area contributed by atoms with Gasteiger partial charge in [0.1, 0.15) is 5.75 Å². The van der Waals surface area contributed by atoms with Crippen LogP contribution in [0.4, 0.5) is 24.5 Å². The monoisotopic (exact) mass is 369 g/mol. The highest BCUT2D eigenvalue weighted by atomic mass is 19.4. The van der Waals surface area contributed by atoms with E-state index in [1.54, 1.807) is 23.0 Å². The van der Waals surface area contributed by atoms with Crippen LogP contribution in [-0.2, 0) is 7.05 Å². The van der Waals surface area contributed by atoms with Gasteiger partial charge in [0.15, 0.2) is 6.61 Å². The first-order valence-corrected chi connectivity index (χ1v) is 8.28. The van der Waals surface area contributed by atoms with Gasteiger partial charge in [-0.3, -0.25) is 4.68 Å². The van der Waals surface area contributed by atoms with Gasteiger partial charge in [-0.1, -0.05) is 0 Å². The van der Waals surface area contributed by atoms with Crippen LogP contribution in [0.2, 0.25) is 0 Å². The molecule has 1 saturated heterocycles. The zero-order valence-electron chi connectivity index (χ0n) is 14.8. The molecule has 0 spiro atoms. The zero-order chi connectivity index (χ0) is 18.9. The number of likely N-dealkylation sites (N-methyl/N-ethyl adjacent to an activating group) is 1. The molecule has 2 heterocycles. The number of hydrogen-bond acceptors (Lipinski definition) is 5. The van der Waals surface area contributed by atoms with Gasteiger partial charge in [0.2, 0.25) is 0 Å². The Labute approximate surface area is 149 Å². The maximum atomic E-state index is 12.5. The molecule has 6 nitrogen and oxygen atoms in total. The van der Waals surface area contributed by atoms with Crippen molar-refractivity contribution in [1.82, 2.24) is 14.7 Å². The van der Waals surface area contributed by atoms with E-state index in [2.05, 4.69) is 14.9 Å². The van der Waals surface area contributed by atoms with E-state index < -0.39 is 12.8 Å². The Morgan fingerprint density at radius 3 is 2.42 bits per heavy atom. The summed E-state index contributed by atoms with van der Waals surface area (Å²) in [5.74, 6) is 0.0453. The van der Waals surface area contributed by atoms with Gasteiger partial charge in [0, 0.05) is 62.3 Å². The summed E-state index contributed by atoms with van der Waals surface area (Å²) in [7, 11) is 3.85. The highest BCUT2D eigenvalue weighted by molar-refractivity contribution is 5.83. The molecule has 1 aliphatic heterocycles. The Hall–Kier alpha value is -2.42. The van der Waals surface area contributed by atoms with Gasteiger partial charge < -0.3 is 20.3 Å². The van der Waals surface area contributed by atoms with Crippen LogP contribution < -0.4 is 15.4 Å². The second-order valence-electron chi connectivity index (χ2n) is 6.50. The number of aromatic nitrogens is 2. The molecule has 1 aromatic heterocycles. The lowest BCUT2D eigenvalue weighted by atomic mass is 10.0. The molecule has 9 heteroatoms. The van der Waals surface area contributed by atoms with Gasteiger partial charge >= 0.3 is 6.18 Å². The average Bonchev–Trinajstić information content (AvgIpc) is 3.00. The number of halogens is 3. The van der Waals surface area contributed by atoms with Crippen LogP contribution in [-0.4, -0.2) is 60.7 Å². The Balaban J connectivity index is 1.98. The molecular weight excluding hydrogens is 347 g/mol. The number of anilines is 2. The summed E-state index contributed by atoms with van der Waals surface area (Å²) in [6, 6.07) is 3.27. The van der Waals surface area contributed by atoms with E-state index in [0.29, 0.717) is 0 Å². The molecule has 0 amide bonds. The number of piperazine rings is 1. The van der Waals surface area contributed by atoms with Crippen LogP contribution in [0, 0.1) is 0 Å². The number of nitrogens with zero attached hydrogens (tertiary/aromatic N) is 4. The highest BCUT2D eigenvalue weighted by Crippen LogP contribution is 2.39. The van der Waals surface area contributed by atoms with E-state index in [0.717, 1.165) is 43.0 Å². The van der Waals surface area contributed by atoms with Crippen molar-refractivity contribution in [1.29, 1.82) is 0 Å². The Kier molecular flexibility index (Phi) is 4.99. The van der Waals surface area contributed by atoms with Crippen LogP contribution in [0.3, 0.4) is 0 Å². The predicted octanol–water partition coefficient (Wildman–Crippen LogP) is 2.36. The van der Waals surface area contributed by atoms with Crippen molar-refractivity contribution in [3.05, 3.63) is 24.5 Å². The molecule has 1 fully saturated rings. The van der Waals surface area contributed by atoms with Gasteiger partial charge in [0.05, 0.1) is 11.9 Å². The van der Waals surface area contributed by atoms with Crippen molar-refractivity contribution < 1.29 is 17.9 Å². The lowest BCUT2D eigenvalue weighted by Crippen LogP contribution is -2.44. The maximum absolute atomic E-state index is 12.5. The molecule has 142 valence electrons. The molecule has 0 aliphatic carbocycles. The van der Waals surface area contributed by atoms with E-state index in [1.807, 2.05) is 20.3 Å². The van der Waals surface area contributed by atoms with Gasteiger partial charge in [-0.15, -0.1) is 0 Å². The van der Waals surface area contributed by atoms with E-state index >= 15 is 0 Å². The molecule has 26 heavy (non-hydrogen) atoms. The molecule has 1 aromatic carbocycles. The fourth-order valence-corrected chi connectivity index (χ4v) is 2.97. The largest absolute Gasteiger partial charge is 0.482 e. The normalized spacial score (nSPS) is 16.1. The summed E-state index contributed by atoms with van der Waals surface area (Å²) in [5, 5.41) is 4.18. The minimum atomic E-state index is -4.41. The van der Waals surface area contributed by atoms with E-state index in [4.69, 9.17) is 10.5 Å². The van der Waals surface area contributed by atoms with E-state index in [9.17, 15) is 13.2 Å². The van der Waals surface area contributed by atoms with Crippen LogP contribution in [0.5, 0.6) is 5.75 Å². The SMILES string of the molecule is CN1CCN(c2cc(OCC(F)(F)F)c(N)cc2-c2cnn(C)c2)CC1. The number of nitrogen functional groups attached to an aromatic ring is 1. The quantitative estimate of drug-likeness (QED) is 0.839. The van der Waals surface area contributed by atoms with Crippen molar-refractivity contribution in [3.8, 4) is 16.9 Å². The van der Waals surface area contributed by atoms with Crippen LogP contribution in [0.25, 0.3) is 11.1 Å². The fourth-order valence-electron chi connectivity index (χ4n) is 2.97. The second-order valence-corrected chi connectivity index (χ2v) is 6.50. The Bertz CT molecular complexity index is 766. The van der Waals surface area contributed by atoms with Gasteiger partial charge in [-0.25, -0.2) is 0 Å². The van der Waals surface area contributed by atoms with Crippen molar-refractivity contribution in [2.24, 2.45) is 7.05 Å². The number of hydrogen-bond donors (Lipinski definition) is 1. The number of rotatable bonds is 4. The Morgan fingerprint density at radius 2 is 1.85 bits per heavy atom. The molecule has 0 radical (unpaired) electrons. The topological polar surface area (TPSA) is 59.6 Å². The van der Waals surface area contributed by atoms with Gasteiger partial charge in [-0.05, 0) is 13.1 Å². The molecule has 2 N–H and O–H groups in total. The fraction of sp³-hybridized carbons (Fsp3) is 0.471. The summed E-state index contributed by atoms with van der Waals surface area (Å²) in [5.41, 5.74) is 8.63. The first kappa shape index (κ1) is 18.4. The smallest absolute Gasteiger partial charge is 0.422 e. The predicted molar refractivity (Wildman–Crippen MR) is 94.3 cm³/mol. The third-order valence-electron chi connectivity index (χ3n) is 4.38. The second kappa shape index (κ2) is 7.06. The zero-order valence-corrected chi connectivity index (χ0v) is 14.8. The molecule has 3 rings (SSSR count). The minimum Gasteiger partial charge on any atom is -0.482 e. The third kappa shape index (κ3) is 4.21. The van der Waals surface area contributed by atoms with Crippen molar-refractivity contribution in [3.63, 3.8) is 0 Å². The molecule has 0 saturated carbocycles. The van der Waals surface area contributed by atoms with Crippen molar-refractivity contribution >= 4 is 11.4 Å². The van der Waals surface area contributed by atoms with E-state index in [-0.39, 0.29) is 11.4 Å². The maximum Gasteiger partial charge on any atom is 0.422 e.